The number of halogens is 3. The van der Waals surface area contributed by atoms with Crippen LogP contribution in [0, 0.1) is 11.6 Å². The summed E-state index contributed by atoms with van der Waals surface area (Å²) in [7, 11) is 0. The van der Waals surface area contributed by atoms with E-state index in [1.165, 1.54) is 25.1 Å². The lowest BCUT2D eigenvalue weighted by molar-refractivity contribution is -0.123. The second-order valence-electron chi connectivity index (χ2n) is 5.42. The van der Waals surface area contributed by atoms with Crippen LogP contribution in [0.5, 0.6) is 0 Å². The molecule has 2 aromatic carbocycles. The molecule has 0 saturated carbocycles. The molecule has 0 radical (unpaired) electrons. The fourth-order valence-corrected chi connectivity index (χ4v) is 3.40. The van der Waals surface area contributed by atoms with Gasteiger partial charge in [0.05, 0.1) is 10.7 Å². The average Bonchev–Trinajstić information content (AvgIpc) is 3.03. The SMILES string of the molecule is C[C@@H](OC(=O)c1cc2c(F)cccc2s1)C(=O)Nc1ccc(F)cc1Cl. The van der Waals surface area contributed by atoms with E-state index in [-0.39, 0.29) is 15.6 Å². The van der Waals surface area contributed by atoms with E-state index in [2.05, 4.69) is 5.32 Å². The van der Waals surface area contributed by atoms with E-state index >= 15 is 0 Å². The molecular weight excluding hydrogens is 384 g/mol. The highest BCUT2D eigenvalue weighted by Gasteiger charge is 2.21. The number of fused-ring (bicyclic) bond motifs is 1. The van der Waals surface area contributed by atoms with E-state index in [0.29, 0.717) is 10.1 Å². The summed E-state index contributed by atoms with van der Waals surface area (Å²) in [6.45, 7) is 1.39. The number of hydrogen-bond acceptors (Lipinski definition) is 4. The van der Waals surface area contributed by atoms with Crippen molar-refractivity contribution in [2.45, 2.75) is 13.0 Å². The Morgan fingerprint density at radius 2 is 1.96 bits per heavy atom. The zero-order chi connectivity index (χ0) is 18.8. The van der Waals surface area contributed by atoms with E-state index < -0.39 is 29.6 Å². The minimum atomic E-state index is -1.13. The lowest BCUT2D eigenvalue weighted by Gasteiger charge is -2.13. The van der Waals surface area contributed by atoms with E-state index in [9.17, 15) is 18.4 Å². The first-order chi connectivity index (χ1) is 12.3. The predicted molar refractivity (Wildman–Crippen MR) is 96.7 cm³/mol. The molecule has 26 heavy (non-hydrogen) atoms. The lowest BCUT2D eigenvalue weighted by Crippen LogP contribution is -2.29. The number of esters is 1. The van der Waals surface area contributed by atoms with Crippen LogP contribution in [0.1, 0.15) is 16.6 Å². The Kier molecular flexibility index (Phi) is 5.20. The average molecular weight is 396 g/mol. The van der Waals surface area contributed by atoms with E-state index in [4.69, 9.17) is 16.3 Å². The molecule has 1 N–H and O–H groups in total. The number of carbonyl (C=O) groups excluding carboxylic acids is 2. The number of carbonyl (C=O) groups is 2. The van der Waals surface area contributed by atoms with E-state index in [1.807, 2.05) is 0 Å². The van der Waals surface area contributed by atoms with Gasteiger partial charge in [-0.1, -0.05) is 17.7 Å². The smallest absolute Gasteiger partial charge is 0.349 e. The van der Waals surface area contributed by atoms with Gasteiger partial charge < -0.3 is 10.1 Å². The molecular formula is C18H12ClF2NO3S. The second kappa shape index (κ2) is 7.39. The Morgan fingerprint density at radius 3 is 2.65 bits per heavy atom. The van der Waals surface area contributed by atoms with Crippen LogP contribution in [0.25, 0.3) is 10.1 Å². The summed E-state index contributed by atoms with van der Waals surface area (Å²) in [5, 5.41) is 2.80. The van der Waals surface area contributed by atoms with Crippen LogP contribution in [-0.4, -0.2) is 18.0 Å². The molecule has 0 spiro atoms. The first-order valence-electron chi connectivity index (χ1n) is 7.50. The monoisotopic (exact) mass is 395 g/mol. The molecule has 0 aliphatic carbocycles. The highest BCUT2D eigenvalue weighted by molar-refractivity contribution is 7.20. The summed E-state index contributed by atoms with van der Waals surface area (Å²) in [5.41, 5.74) is 0.199. The van der Waals surface area contributed by atoms with Crippen molar-refractivity contribution in [2.75, 3.05) is 5.32 Å². The first-order valence-corrected chi connectivity index (χ1v) is 8.69. The van der Waals surface area contributed by atoms with Crippen LogP contribution >= 0.6 is 22.9 Å². The van der Waals surface area contributed by atoms with Crippen molar-refractivity contribution >= 4 is 50.6 Å². The predicted octanol–water partition coefficient (Wildman–Crippen LogP) is 5.02. The Labute approximate surface area is 156 Å². The first kappa shape index (κ1) is 18.3. The van der Waals surface area contributed by atoms with Crippen molar-refractivity contribution in [1.29, 1.82) is 0 Å². The van der Waals surface area contributed by atoms with Crippen molar-refractivity contribution in [3.8, 4) is 0 Å². The zero-order valence-corrected chi connectivity index (χ0v) is 15.0. The summed E-state index contributed by atoms with van der Waals surface area (Å²) >= 11 is 6.92. The molecule has 0 aliphatic rings. The van der Waals surface area contributed by atoms with Gasteiger partial charge in [-0.3, -0.25) is 4.79 Å². The second-order valence-corrected chi connectivity index (χ2v) is 6.91. The van der Waals surface area contributed by atoms with Crippen LogP contribution in [0.4, 0.5) is 14.5 Å². The van der Waals surface area contributed by atoms with Gasteiger partial charge in [-0.25, -0.2) is 13.6 Å². The molecule has 4 nitrogen and oxygen atoms in total. The topological polar surface area (TPSA) is 55.4 Å². The third-order valence-electron chi connectivity index (χ3n) is 3.55. The molecule has 0 unspecified atom stereocenters. The minimum Gasteiger partial charge on any atom is -0.448 e. The molecule has 134 valence electrons. The van der Waals surface area contributed by atoms with Crippen LogP contribution in [0.15, 0.2) is 42.5 Å². The lowest BCUT2D eigenvalue weighted by atomic mass is 10.2. The van der Waals surface area contributed by atoms with Crippen molar-refractivity contribution < 1.29 is 23.1 Å². The van der Waals surface area contributed by atoms with Gasteiger partial charge in [0, 0.05) is 10.1 Å². The van der Waals surface area contributed by atoms with Gasteiger partial charge in [-0.05, 0) is 43.3 Å². The quantitative estimate of drug-likeness (QED) is 0.631. The summed E-state index contributed by atoms with van der Waals surface area (Å²) in [6, 6.07) is 9.42. The maximum atomic E-state index is 13.7. The Hall–Kier alpha value is -2.51. The van der Waals surface area contributed by atoms with Crippen molar-refractivity contribution in [2.24, 2.45) is 0 Å². The fraction of sp³-hybridized carbons (Fsp3) is 0.111. The summed E-state index contributed by atoms with van der Waals surface area (Å²) < 4.78 is 32.5. The number of nitrogens with one attached hydrogen (secondary N) is 1. The molecule has 1 atom stereocenters. The van der Waals surface area contributed by atoms with Crippen molar-refractivity contribution in [3.05, 3.63) is 64.0 Å². The summed E-state index contributed by atoms with van der Waals surface area (Å²) in [6.07, 6.45) is -1.13. The summed E-state index contributed by atoms with van der Waals surface area (Å²) in [4.78, 5) is 24.5. The normalized spacial score (nSPS) is 12.0. The van der Waals surface area contributed by atoms with Crippen LogP contribution in [0.2, 0.25) is 5.02 Å². The molecule has 1 amide bonds. The Morgan fingerprint density at radius 1 is 1.19 bits per heavy atom. The van der Waals surface area contributed by atoms with Crippen LogP contribution in [0.3, 0.4) is 0 Å². The standard InChI is InChI=1S/C18H12ClF2NO3S/c1-9(17(23)22-14-6-5-10(20)7-12(14)19)25-18(24)16-8-11-13(21)3-2-4-15(11)26-16/h2-9H,1H3,(H,22,23)/t9-/m1/s1. The third kappa shape index (κ3) is 3.84. The Bertz CT molecular complexity index is 1010. The number of benzene rings is 2. The highest BCUT2D eigenvalue weighted by Crippen LogP contribution is 2.28. The van der Waals surface area contributed by atoms with Crippen molar-refractivity contribution in [3.63, 3.8) is 0 Å². The van der Waals surface area contributed by atoms with Gasteiger partial charge >= 0.3 is 5.97 Å². The Balaban J connectivity index is 1.69. The zero-order valence-electron chi connectivity index (χ0n) is 13.4. The molecule has 1 aromatic heterocycles. The number of rotatable bonds is 4. The van der Waals surface area contributed by atoms with Gasteiger partial charge in [-0.15, -0.1) is 11.3 Å². The maximum Gasteiger partial charge on any atom is 0.349 e. The largest absolute Gasteiger partial charge is 0.448 e. The molecule has 3 aromatic rings. The highest BCUT2D eigenvalue weighted by atomic mass is 35.5. The van der Waals surface area contributed by atoms with E-state index in [1.54, 1.807) is 12.1 Å². The van der Waals surface area contributed by atoms with E-state index in [0.717, 1.165) is 23.5 Å². The maximum absolute atomic E-state index is 13.7. The molecule has 0 bridgehead atoms. The molecule has 0 aliphatic heterocycles. The fourth-order valence-electron chi connectivity index (χ4n) is 2.22. The number of hydrogen-bond donors (Lipinski definition) is 1. The third-order valence-corrected chi connectivity index (χ3v) is 4.94. The van der Waals surface area contributed by atoms with Crippen LogP contribution in [-0.2, 0) is 9.53 Å². The van der Waals surface area contributed by atoms with Gasteiger partial charge in [-0.2, -0.15) is 0 Å². The van der Waals surface area contributed by atoms with Gasteiger partial charge in [0.25, 0.3) is 5.91 Å². The molecule has 0 fully saturated rings. The number of thiophene rings is 1. The summed E-state index contributed by atoms with van der Waals surface area (Å²) in [5.74, 6) is -2.34. The molecule has 0 saturated heterocycles. The molecule has 1 heterocycles. The van der Waals surface area contributed by atoms with Gasteiger partial charge in [0.1, 0.15) is 16.5 Å². The van der Waals surface area contributed by atoms with Gasteiger partial charge in [0.2, 0.25) is 0 Å². The van der Waals surface area contributed by atoms with Gasteiger partial charge in [0.15, 0.2) is 6.10 Å². The van der Waals surface area contributed by atoms with Crippen molar-refractivity contribution in [1.82, 2.24) is 0 Å². The molecule has 3 rings (SSSR count). The molecule has 8 heteroatoms. The number of amides is 1. The van der Waals surface area contributed by atoms with Crippen LogP contribution < -0.4 is 5.32 Å². The minimum absolute atomic E-state index is 0.0249. The number of ether oxygens (including phenoxy) is 1. The number of anilines is 1.